The maximum Gasteiger partial charge on any atom is 0.707 e. The molecule has 0 aliphatic carbocycles. The van der Waals surface area contributed by atoms with Crippen LogP contribution in [0.4, 0.5) is 0 Å². The fourth-order valence-electron chi connectivity index (χ4n) is 0.925. The van der Waals surface area contributed by atoms with Crippen LogP contribution in [-0.4, -0.2) is 22.4 Å². The van der Waals surface area contributed by atoms with Gasteiger partial charge in [0.2, 0.25) is 0 Å². The molecule has 1 aromatic rings. The summed E-state index contributed by atoms with van der Waals surface area (Å²) in [5.74, 6) is 0.701. The predicted octanol–water partition coefficient (Wildman–Crippen LogP) is 0.553. The van der Waals surface area contributed by atoms with Crippen LogP contribution in [0.15, 0.2) is 18.3 Å². The van der Waals surface area contributed by atoms with E-state index in [0.717, 1.165) is 5.69 Å². The Morgan fingerprint density at radius 1 is 1.38 bits per heavy atom. The average Bonchev–Trinajstić information content (AvgIpc) is 2.04. The molecule has 0 fully saturated rings. The first-order chi connectivity index (χ1) is 6.09. The standard InChI is InChI=1S/C8H12BNO3/c1-6(2)8-4-3-7(5-10-8)13-9(11)12/h3-6,11-12H,1-2H3. The van der Waals surface area contributed by atoms with E-state index in [2.05, 4.69) is 9.64 Å². The van der Waals surface area contributed by atoms with Crippen molar-refractivity contribution in [3.8, 4) is 5.75 Å². The number of rotatable bonds is 3. The summed E-state index contributed by atoms with van der Waals surface area (Å²) in [7, 11) is -1.79. The zero-order valence-corrected chi connectivity index (χ0v) is 7.64. The first kappa shape index (κ1) is 10.0. The van der Waals surface area contributed by atoms with Crippen molar-refractivity contribution in [2.24, 2.45) is 0 Å². The molecule has 1 heterocycles. The molecule has 0 unspecified atom stereocenters. The molecule has 0 saturated carbocycles. The van der Waals surface area contributed by atoms with Gasteiger partial charge in [-0.25, -0.2) is 0 Å². The molecule has 0 atom stereocenters. The number of hydrogen-bond donors (Lipinski definition) is 2. The third kappa shape index (κ3) is 3.04. The molecule has 13 heavy (non-hydrogen) atoms. The highest BCUT2D eigenvalue weighted by molar-refractivity contribution is 6.33. The maximum atomic E-state index is 8.49. The highest BCUT2D eigenvalue weighted by Crippen LogP contribution is 2.15. The molecule has 2 N–H and O–H groups in total. The maximum absolute atomic E-state index is 8.49. The first-order valence-electron chi connectivity index (χ1n) is 4.08. The molecule has 1 rings (SSSR count). The molecule has 0 aromatic carbocycles. The van der Waals surface area contributed by atoms with Gasteiger partial charge in [0.15, 0.2) is 0 Å². The number of nitrogens with zero attached hydrogens (tertiary/aromatic N) is 1. The summed E-state index contributed by atoms with van der Waals surface area (Å²) in [5, 5.41) is 17.0. The highest BCUT2D eigenvalue weighted by atomic mass is 16.6. The minimum absolute atomic E-state index is 0.347. The Labute approximate surface area is 77.4 Å². The molecule has 0 amide bonds. The van der Waals surface area contributed by atoms with Crippen molar-refractivity contribution in [2.75, 3.05) is 0 Å². The molecular formula is C8H12BNO3. The van der Waals surface area contributed by atoms with Crippen LogP contribution in [0.5, 0.6) is 5.75 Å². The molecule has 0 bridgehead atoms. The second kappa shape index (κ2) is 4.25. The second-order valence-corrected chi connectivity index (χ2v) is 3.02. The largest absolute Gasteiger partial charge is 0.707 e. The normalized spacial score (nSPS) is 10.2. The van der Waals surface area contributed by atoms with Crippen molar-refractivity contribution in [2.45, 2.75) is 19.8 Å². The van der Waals surface area contributed by atoms with Crippen LogP contribution in [0.3, 0.4) is 0 Å². The van der Waals surface area contributed by atoms with E-state index in [-0.39, 0.29) is 0 Å². The van der Waals surface area contributed by atoms with Gasteiger partial charge in [0.1, 0.15) is 5.75 Å². The SMILES string of the molecule is CC(C)c1ccc(OB(O)O)cn1. The number of pyridine rings is 1. The molecule has 5 heteroatoms. The molecule has 0 radical (unpaired) electrons. The summed E-state index contributed by atoms with van der Waals surface area (Å²) in [5.41, 5.74) is 0.944. The van der Waals surface area contributed by atoms with Crippen molar-refractivity contribution in [3.05, 3.63) is 24.0 Å². The van der Waals surface area contributed by atoms with Crippen molar-refractivity contribution < 1.29 is 14.7 Å². The van der Waals surface area contributed by atoms with E-state index < -0.39 is 7.32 Å². The molecule has 0 spiro atoms. The fraction of sp³-hybridized carbons (Fsp3) is 0.375. The van der Waals surface area contributed by atoms with Crippen LogP contribution in [0.1, 0.15) is 25.5 Å². The Morgan fingerprint density at radius 2 is 2.08 bits per heavy atom. The van der Waals surface area contributed by atoms with E-state index in [9.17, 15) is 0 Å². The summed E-state index contributed by atoms with van der Waals surface area (Å²) >= 11 is 0. The van der Waals surface area contributed by atoms with Gasteiger partial charge < -0.3 is 14.7 Å². The van der Waals surface area contributed by atoms with E-state index >= 15 is 0 Å². The monoisotopic (exact) mass is 181 g/mol. The molecule has 70 valence electrons. The van der Waals surface area contributed by atoms with Crippen molar-refractivity contribution >= 4 is 7.32 Å². The van der Waals surface area contributed by atoms with Gasteiger partial charge in [-0.3, -0.25) is 4.98 Å². The van der Waals surface area contributed by atoms with E-state index in [1.54, 1.807) is 12.1 Å². The average molecular weight is 181 g/mol. The summed E-state index contributed by atoms with van der Waals surface area (Å²) < 4.78 is 4.60. The van der Waals surface area contributed by atoms with Gasteiger partial charge in [-0.05, 0) is 18.1 Å². The topological polar surface area (TPSA) is 62.6 Å². The molecule has 1 aromatic heterocycles. The zero-order chi connectivity index (χ0) is 9.84. The number of hydrogen-bond acceptors (Lipinski definition) is 4. The molecule has 0 aliphatic heterocycles. The Balaban J connectivity index is 2.70. The molecular weight excluding hydrogens is 169 g/mol. The van der Waals surface area contributed by atoms with Gasteiger partial charge >= 0.3 is 7.32 Å². The second-order valence-electron chi connectivity index (χ2n) is 3.02. The van der Waals surface area contributed by atoms with E-state index in [1.807, 2.05) is 13.8 Å². The minimum atomic E-state index is -1.79. The van der Waals surface area contributed by atoms with Gasteiger partial charge in [-0.2, -0.15) is 0 Å². The van der Waals surface area contributed by atoms with Gasteiger partial charge in [0, 0.05) is 5.69 Å². The lowest BCUT2D eigenvalue weighted by molar-refractivity contribution is 0.287. The van der Waals surface area contributed by atoms with Gasteiger partial charge in [-0.15, -0.1) is 0 Å². The third-order valence-electron chi connectivity index (χ3n) is 1.59. The van der Waals surface area contributed by atoms with Crippen LogP contribution in [0.2, 0.25) is 0 Å². The predicted molar refractivity (Wildman–Crippen MR) is 49.1 cm³/mol. The molecule has 4 nitrogen and oxygen atoms in total. The van der Waals surface area contributed by atoms with Crippen LogP contribution >= 0.6 is 0 Å². The lowest BCUT2D eigenvalue weighted by Crippen LogP contribution is -2.20. The lowest BCUT2D eigenvalue weighted by atomic mass is 10.1. The van der Waals surface area contributed by atoms with E-state index in [1.165, 1.54) is 6.20 Å². The number of aromatic nitrogens is 1. The van der Waals surface area contributed by atoms with E-state index in [4.69, 9.17) is 10.0 Å². The zero-order valence-electron chi connectivity index (χ0n) is 7.64. The fourth-order valence-corrected chi connectivity index (χ4v) is 0.925. The summed E-state index contributed by atoms with van der Waals surface area (Å²) in [6.07, 6.45) is 1.47. The Morgan fingerprint density at radius 3 is 2.46 bits per heavy atom. The first-order valence-corrected chi connectivity index (χ1v) is 4.08. The highest BCUT2D eigenvalue weighted by Gasteiger charge is 2.11. The van der Waals surface area contributed by atoms with Crippen LogP contribution in [0, 0.1) is 0 Å². The Hall–Kier alpha value is -1.07. The summed E-state index contributed by atoms with van der Waals surface area (Å²) in [6, 6.07) is 3.45. The lowest BCUT2D eigenvalue weighted by Gasteiger charge is -2.06. The van der Waals surface area contributed by atoms with Crippen molar-refractivity contribution in [1.82, 2.24) is 4.98 Å². The van der Waals surface area contributed by atoms with Crippen molar-refractivity contribution in [1.29, 1.82) is 0 Å². The minimum Gasteiger partial charge on any atom is -0.511 e. The Bertz CT molecular complexity index is 261. The van der Waals surface area contributed by atoms with Crippen molar-refractivity contribution in [3.63, 3.8) is 0 Å². The van der Waals surface area contributed by atoms with Crippen LogP contribution in [0.25, 0.3) is 0 Å². The smallest absolute Gasteiger partial charge is 0.511 e. The summed E-state index contributed by atoms with van der Waals surface area (Å²) in [4.78, 5) is 4.08. The van der Waals surface area contributed by atoms with E-state index in [0.29, 0.717) is 11.7 Å². The third-order valence-corrected chi connectivity index (χ3v) is 1.59. The quantitative estimate of drug-likeness (QED) is 0.668. The summed E-state index contributed by atoms with van der Waals surface area (Å²) in [6.45, 7) is 4.06. The van der Waals surface area contributed by atoms with Crippen LogP contribution < -0.4 is 4.65 Å². The molecule has 0 aliphatic rings. The van der Waals surface area contributed by atoms with Gasteiger partial charge in [-0.1, -0.05) is 13.8 Å². The molecule has 0 saturated heterocycles. The van der Waals surface area contributed by atoms with Gasteiger partial charge in [0.25, 0.3) is 0 Å². The van der Waals surface area contributed by atoms with Gasteiger partial charge in [0.05, 0.1) is 6.20 Å². The Kier molecular flexibility index (Phi) is 3.28. The van der Waals surface area contributed by atoms with Crippen LogP contribution in [-0.2, 0) is 0 Å².